The fraction of sp³-hybridized carbons (Fsp3) is 0.471. The van der Waals surface area contributed by atoms with Crippen molar-refractivity contribution in [2.75, 3.05) is 40.3 Å². The lowest BCUT2D eigenvalue weighted by atomic mass is 9.55. The van der Waals surface area contributed by atoms with E-state index in [4.69, 9.17) is 5.73 Å². The molecule has 0 aromatic heterocycles. The summed E-state index contributed by atoms with van der Waals surface area (Å²) in [6, 6.07) is 9.02. The van der Waals surface area contributed by atoms with Crippen LogP contribution in [0.5, 0.6) is 5.75 Å². The van der Waals surface area contributed by atoms with E-state index in [0.29, 0.717) is 35.3 Å². The van der Waals surface area contributed by atoms with Gasteiger partial charge in [0.1, 0.15) is 17.4 Å². The van der Waals surface area contributed by atoms with Gasteiger partial charge in [-0.15, -0.1) is 0 Å². The third-order valence-corrected chi connectivity index (χ3v) is 10.0. The van der Waals surface area contributed by atoms with Gasteiger partial charge in [0, 0.05) is 36.2 Å². The zero-order valence-electron chi connectivity index (χ0n) is 26.5. The summed E-state index contributed by atoms with van der Waals surface area (Å²) >= 11 is 0. The number of amides is 2. The summed E-state index contributed by atoms with van der Waals surface area (Å²) in [6.45, 7) is 7.07. The Labute approximate surface area is 267 Å². The van der Waals surface area contributed by atoms with Crippen molar-refractivity contribution in [3.05, 3.63) is 64.4 Å². The Morgan fingerprint density at radius 1 is 1.09 bits per heavy atom. The van der Waals surface area contributed by atoms with E-state index in [1.807, 2.05) is 0 Å². The van der Waals surface area contributed by atoms with Gasteiger partial charge in [-0.1, -0.05) is 32.0 Å². The van der Waals surface area contributed by atoms with Crippen molar-refractivity contribution in [3.63, 3.8) is 0 Å². The summed E-state index contributed by atoms with van der Waals surface area (Å²) < 4.78 is 0. The fourth-order valence-electron chi connectivity index (χ4n) is 7.67. The highest BCUT2D eigenvalue weighted by molar-refractivity contribution is 6.16. The number of rotatable bonds is 9. The lowest BCUT2D eigenvalue weighted by molar-refractivity contribution is -0.178. The lowest BCUT2D eigenvalue weighted by Gasteiger charge is -2.53. The number of hydrogen-bond donors (Lipinski definition) is 6. The number of aliphatic hydroxyl groups is 3. The Hall–Kier alpha value is -4.10. The molecule has 2 amide bonds. The zero-order valence-corrected chi connectivity index (χ0v) is 26.5. The molecule has 7 N–H and O–H groups in total. The van der Waals surface area contributed by atoms with Crippen LogP contribution in [0.4, 0.5) is 0 Å². The molecule has 12 nitrogen and oxygen atoms in total. The molecule has 3 aliphatic carbocycles. The second-order valence-electron chi connectivity index (χ2n) is 12.6. The quantitative estimate of drug-likeness (QED) is 0.217. The summed E-state index contributed by atoms with van der Waals surface area (Å²) in [7, 11) is 3.23. The van der Waals surface area contributed by atoms with E-state index in [2.05, 4.69) is 24.1 Å². The van der Waals surface area contributed by atoms with Crippen molar-refractivity contribution in [1.82, 2.24) is 15.1 Å². The third kappa shape index (κ3) is 5.28. The smallest absolute Gasteiger partial charge is 0.251 e. The van der Waals surface area contributed by atoms with E-state index in [1.54, 1.807) is 49.3 Å². The monoisotopic (exact) mass is 634 g/mol. The maximum Gasteiger partial charge on any atom is 0.251 e. The highest BCUT2D eigenvalue weighted by Gasteiger charge is 2.66. The molecule has 0 aliphatic heterocycles. The highest BCUT2D eigenvalue weighted by Crippen LogP contribution is 2.53. The number of phenols is 1. The van der Waals surface area contributed by atoms with E-state index in [9.17, 15) is 39.6 Å². The molecule has 3 aliphatic rings. The van der Waals surface area contributed by atoms with Crippen LogP contribution in [0.25, 0.3) is 11.1 Å². The number of likely N-dealkylation sites (N-methyl/N-ethyl adjacent to an activating group) is 2. The number of Topliss-reactive ketones (excluding diaryl/α,β-unsaturated/α-hetero) is 2. The zero-order chi connectivity index (χ0) is 33.7. The molecule has 1 saturated carbocycles. The van der Waals surface area contributed by atoms with Crippen molar-refractivity contribution in [2.45, 2.75) is 44.4 Å². The predicted molar refractivity (Wildman–Crippen MR) is 169 cm³/mol. The minimum Gasteiger partial charge on any atom is -0.508 e. The minimum absolute atomic E-state index is 0.0162. The van der Waals surface area contributed by atoms with Crippen LogP contribution < -0.4 is 11.1 Å². The van der Waals surface area contributed by atoms with Gasteiger partial charge >= 0.3 is 0 Å². The predicted octanol–water partition coefficient (Wildman–Crippen LogP) is 1.02. The highest BCUT2D eigenvalue weighted by atomic mass is 16.4. The van der Waals surface area contributed by atoms with Crippen molar-refractivity contribution in [3.8, 4) is 16.9 Å². The number of carbonyl (C=O) groups is 4. The third-order valence-electron chi connectivity index (χ3n) is 10.0. The topological polar surface area (TPSA) is 194 Å². The van der Waals surface area contributed by atoms with Crippen LogP contribution in [-0.4, -0.2) is 112 Å². The largest absolute Gasteiger partial charge is 0.508 e. The number of allylic oxidation sites excluding steroid dienone is 1. The molecule has 6 atom stereocenters. The number of nitrogens with one attached hydrogen (secondary N) is 1. The fourth-order valence-corrected chi connectivity index (χ4v) is 7.67. The number of hydrogen-bond acceptors (Lipinski definition) is 10. The number of carbonyl (C=O) groups excluding carboxylic acids is 4. The van der Waals surface area contributed by atoms with Crippen molar-refractivity contribution >= 4 is 23.4 Å². The van der Waals surface area contributed by atoms with Crippen LogP contribution in [0.2, 0.25) is 0 Å². The number of phenolic OH excluding ortho intramolecular Hbond substituents is 1. The van der Waals surface area contributed by atoms with Crippen molar-refractivity contribution in [1.29, 1.82) is 0 Å². The summed E-state index contributed by atoms with van der Waals surface area (Å²) in [5.74, 6) is -8.11. The molecule has 0 heterocycles. The van der Waals surface area contributed by atoms with E-state index in [-0.39, 0.29) is 35.6 Å². The van der Waals surface area contributed by atoms with E-state index < -0.39 is 58.7 Å². The second kappa shape index (κ2) is 12.6. The summed E-state index contributed by atoms with van der Waals surface area (Å²) in [5, 5.41) is 48.3. The first-order chi connectivity index (χ1) is 21.8. The number of nitrogens with zero attached hydrogens (tertiary/aromatic N) is 2. The summed E-state index contributed by atoms with van der Waals surface area (Å²) in [6.07, 6.45) is -1.38. The average molecular weight is 635 g/mol. The molecule has 0 radical (unpaired) electrons. The molecule has 1 fully saturated rings. The van der Waals surface area contributed by atoms with Gasteiger partial charge in [0.25, 0.3) is 5.91 Å². The Morgan fingerprint density at radius 3 is 2.41 bits per heavy atom. The Bertz CT molecular complexity index is 1620. The van der Waals surface area contributed by atoms with E-state index in [0.717, 1.165) is 13.1 Å². The number of aromatic hydroxyl groups is 1. The van der Waals surface area contributed by atoms with Gasteiger partial charge < -0.3 is 41.3 Å². The molecular formula is C34H42N4O8. The van der Waals surface area contributed by atoms with Crippen LogP contribution >= 0.6 is 0 Å². The van der Waals surface area contributed by atoms with Crippen LogP contribution in [-0.2, 0) is 16.0 Å². The van der Waals surface area contributed by atoms with Gasteiger partial charge in [0.2, 0.25) is 5.91 Å². The molecule has 0 saturated heterocycles. The first kappa shape index (κ1) is 33.3. The molecule has 2 aromatic carbocycles. The molecule has 246 valence electrons. The molecular weight excluding hydrogens is 592 g/mol. The Balaban J connectivity index is 1.55. The molecule has 46 heavy (non-hydrogen) atoms. The summed E-state index contributed by atoms with van der Waals surface area (Å²) in [5.41, 5.74) is 4.68. The lowest BCUT2D eigenvalue weighted by Crippen LogP contribution is -2.71. The normalized spacial score (nSPS) is 27.3. The van der Waals surface area contributed by atoms with Gasteiger partial charge in [0.15, 0.2) is 17.2 Å². The van der Waals surface area contributed by atoms with Crippen LogP contribution in [0.3, 0.4) is 0 Å². The van der Waals surface area contributed by atoms with E-state index in [1.165, 1.54) is 6.07 Å². The van der Waals surface area contributed by atoms with Crippen molar-refractivity contribution in [2.24, 2.45) is 23.5 Å². The maximum atomic E-state index is 14.1. The second-order valence-corrected chi connectivity index (χ2v) is 12.6. The molecule has 2 aromatic rings. The standard InChI is InChI=1S/C34H42N4O8/c1-5-38(6-2)13-12-36-33(45)18-9-7-8-17(14-18)20-10-11-23(39)25-21(20)15-19-16-22-27(37(3)4)29(41)26(32(35)44)31(43)34(22,46)30(42)24(19)28(25)40/h7-11,14,19,22,26-27,29,39,41-42,46H,5-6,12-13,15-16H2,1-4H3,(H2,35,44)(H,36,45)/t19-,22-,26?,27-,29?,34-/m0/s1. The average Bonchev–Trinajstić information content (AvgIpc) is 3.01. The molecule has 12 heteroatoms. The molecule has 2 unspecified atom stereocenters. The number of aliphatic hydroxyl groups excluding tert-OH is 2. The first-order valence-electron chi connectivity index (χ1n) is 15.6. The Morgan fingerprint density at radius 2 is 1.78 bits per heavy atom. The Kier molecular flexibility index (Phi) is 9.11. The number of fused-ring (bicyclic) bond motifs is 3. The molecule has 0 bridgehead atoms. The van der Waals surface area contributed by atoms with E-state index >= 15 is 0 Å². The van der Waals surface area contributed by atoms with Crippen LogP contribution in [0.1, 0.15) is 46.5 Å². The van der Waals surface area contributed by atoms with Gasteiger partial charge in [0.05, 0.1) is 11.7 Å². The van der Waals surface area contributed by atoms with Gasteiger partial charge in [-0.3, -0.25) is 19.2 Å². The SMILES string of the molecule is CCN(CC)CCNC(=O)c1cccc(-c2ccc(O)c3c2C[C@H]2C[C@H]4[C@H](N(C)C)C(O)C(C(N)=O)C(=O)[C@@]4(O)C(O)=C2C3=O)c1. The number of benzene rings is 2. The molecule has 5 rings (SSSR count). The minimum atomic E-state index is -2.65. The maximum absolute atomic E-state index is 14.1. The van der Waals surface area contributed by atoms with Gasteiger partial charge in [-0.25, -0.2) is 0 Å². The number of primary amides is 1. The first-order valence-corrected chi connectivity index (χ1v) is 15.6. The van der Waals surface area contributed by atoms with Gasteiger partial charge in [-0.2, -0.15) is 0 Å². The summed E-state index contributed by atoms with van der Waals surface area (Å²) in [4.78, 5) is 56.6. The van der Waals surface area contributed by atoms with Crippen LogP contribution in [0.15, 0.2) is 47.7 Å². The number of ketones is 2. The van der Waals surface area contributed by atoms with Crippen molar-refractivity contribution < 1.29 is 39.6 Å². The molecule has 0 spiro atoms. The van der Waals surface area contributed by atoms with Crippen LogP contribution in [0, 0.1) is 17.8 Å². The van der Waals surface area contributed by atoms with Gasteiger partial charge in [-0.05, 0) is 80.8 Å². The number of nitrogens with two attached hydrogens (primary N) is 1.